The molecule has 2 heterocycles. The van der Waals surface area contributed by atoms with Crippen molar-refractivity contribution >= 4 is 23.5 Å². The molecule has 1 aromatic heterocycles. The number of aromatic nitrogens is 2. The first kappa shape index (κ1) is 16.9. The summed E-state index contributed by atoms with van der Waals surface area (Å²) in [6.45, 7) is 7.94. The number of carbonyl (C=O) groups excluding carboxylic acids is 1. The molecule has 1 aromatic carbocycles. The highest BCUT2D eigenvalue weighted by atomic mass is 32.2. The number of urea groups is 1. The first-order valence-electron chi connectivity index (χ1n) is 8.15. The Morgan fingerprint density at radius 2 is 2.12 bits per heavy atom. The van der Waals surface area contributed by atoms with E-state index in [9.17, 15) is 4.79 Å². The van der Waals surface area contributed by atoms with Crippen LogP contribution < -0.4 is 5.32 Å². The van der Waals surface area contributed by atoms with Gasteiger partial charge >= 0.3 is 6.03 Å². The Labute approximate surface area is 147 Å². The van der Waals surface area contributed by atoms with Gasteiger partial charge in [-0.15, -0.1) is 0 Å². The van der Waals surface area contributed by atoms with Crippen molar-refractivity contribution in [3.8, 4) is 11.3 Å². The molecule has 2 amide bonds. The highest BCUT2D eigenvalue weighted by Gasteiger charge is 2.29. The molecule has 1 aliphatic heterocycles. The molecule has 1 N–H and O–H groups in total. The lowest BCUT2D eigenvalue weighted by molar-refractivity contribution is 0.208. The second-order valence-corrected chi connectivity index (χ2v) is 8.63. The van der Waals surface area contributed by atoms with E-state index in [-0.39, 0.29) is 10.8 Å². The monoisotopic (exact) mass is 344 g/mol. The van der Waals surface area contributed by atoms with Crippen LogP contribution in [0.4, 0.5) is 10.5 Å². The van der Waals surface area contributed by atoms with Crippen LogP contribution in [0.1, 0.15) is 19.4 Å². The molecule has 0 spiro atoms. The highest BCUT2D eigenvalue weighted by molar-refractivity contribution is 8.00. The third kappa shape index (κ3) is 3.59. The van der Waals surface area contributed by atoms with Crippen molar-refractivity contribution in [3.63, 3.8) is 0 Å². The first-order chi connectivity index (χ1) is 11.4. The quantitative estimate of drug-likeness (QED) is 0.902. The predicted molar refractivity (Wildman–Crippen MR) is 101 cm³/mol. The number of anilines is 1. The number of nitrogens with zero attached hydrogens (tertiary/aromatic N) is 3. The van der Waals surface area contributed by atoms with Crippen molar-refractivity contribution in [1.29, 1.82) is 0 Å². The van der Waals surface area contributed by atoms with Crippen LogP contribution in [0.5, 0.6) is 0 Å². The van der Waals surface area contributed by atoms with E-state index in [1.165, 1.54) is 0 Å². The number of aryl methyl sites for hydroxylation is 2. The summed E-state index contributed by atoms with van der Waals surface area (Å²) in [5.74, 6) is 0.981. The van der Waals surface area contributed by atoms with Crippen molar-refractivity contribution < 1.29 is 4.79 Å². The van der Waals surface area contributed by atoms with Gasteiger partial charge in [0.05, 0.1) is 5.69 Å². The number of amides is 2. The molecular weight excluding hydrogens is 320 g/mol. The van der Waals surface area contributed by atoms with Crippen LogP contribution in [0.3, 0.4) is 0 Å². The topological polar surface area (TPSA) is 50.2 Å². The molecule has 0 saturated carbocycles. The van der Waals surface area contributed by atoms with Crippen LogP contribution in [0.2, 0.25) is 0 Å². The molecule has 0 unspecified atom stereocenters. The number of hydrogen-bond donors (Lipinski definition) is 1. The maximum absolute atomic E-state index is 12.7. The van der Waals surface area contributed by atoms with E-state index in [1.807, 2.05) is 53.5 Å². The summed E-state index contributed by atoms with van der Waals surface area (Å²) < 4.78 is 1.95. The molecule has 2 aromatic rings. The minimum atomic E-state index is -0.0198. The van der Waals surface area contributed by atoms with Gasteiger partial charge in [0.25, 0.3) is 0 Å². The predicted octanol–water partition coefficient (Wildman–Crippen LogP) is 3.75. The van der Waals surface area contributed by atoms with Crippen molar-refractivity contribution in [2.45, 2.75) is 25.5 Å². The summed E-state index contributed by atoms with van der Waals surface area (Å²) in [4.78, 5) is 14.6. The largest absolute Gasteiger partial charge is 0.322 e. The van der Waals surface area contributed by atoms with Gasteiger partial charge in [0, 0.05) is 48.1 Å². The summed E-state index contributed by atoms with van der Waals surface area (Å²) in [5.41, 5.74) is 3.99. The van der Waals surface area contributed by atoms with E-state index in [0.29, 0.717) is 0 Å². The fourth-order valence-electron chi connectivity index (χ4n) is 2.96. The Morgan fingerprint density at radius 3 is 2.79 bits per heavy atom. The van der Waals surface area contributed by atoms with Crippen LogP contribution >= 0.6 is 11.8 Å². The van der Waals surface area contributed by atoms with Gasteiger partial charge in [-0.2, -0.15) is 16.9 Å². The van der Waals surface area contributed by atoms with E-state index in [0.717, 1.165) is 41.4 Å². The summed E-state index contributed by atoms with van der Waals surface area (Å²) in [7, 11) is 1.92. The van der Waals surface area contributed by atoms with Gasteiger partial charge < -0.3 is 10.2 Å². The molecule has 0 aliphatic carbocycles. The lowest BCUT2D eigenvalue weighted by atomic mass is 10.1. The van der Waals surface area contributed by atoms with Crippen LogP contribution in [0, 0.1) is 6.92 Å². The van der Waals surface area contributed by atoms with Crippen LogP contribution in [-0.4, -0.2) is 44.3 Å². The zero-order chi connectivity index (χ0) is 17.3. The van der Waals surface area contributed by atoms with E-state index in [1.54, 1.807) is 6.20 Å². The molecule has 0 bridgehead atoms. The van der Waals surface area contributed by atoms with E-state index < -0.39 is 0 Å². The van der Waals surface area contributed by atoms with Crippen molar-refractivity contribution in [2.24, 2.45) is 7.05 Å². The molecule has 0 radical (unpaired) electrons. The highest BCUT2D eigenvalue weighted by Crippen LogP contribution is 2.30. The molecule has 128 valence electrons. The lowest BCUT2D eigenvalue weighted by Crippen LogP contribution is -2.47. The first-order valence-corrected chi connectivity index (χ1v) is 9.13. The Balaban J connectivity index is 1.79. The SMILES string of the molecule is Cc1ccc(-c2ccnn2C)cc1NC(=O)N1CCSC(C)(C)C1. The number of carbonyl (C=O) groups is 1. The van der Waals surface area contributed by atoms with Gasteiger partial charge in [-0.3, -0.25) is 4.68 Å². The molecule has 1 fully saturated rings. The number of rotatable bonds is 2. The number of benzene rings is 1. The fraction of sp³-hybridized carbons (Fsp3) is 0.444. The summed E-state index contributed by atoms with van der Waals surface area (Å²) in [5, 5.41) is 7.30. The fourth-order valence-corrected chi connectivity index (χ4v) is 4.07. The van der Waals surface area contributed by atoms with Crippen LogP contribution in [0.15, 0.2) is 30.5 Å². The zero-order valence-electron chi connectivity index (χ0n) is 14.7. The molecule has 1 saturated heterocycles. The molecule has 5 nitrogen and oxygen atoms in total. The average Bonchev–Trinajstić information content (AvgIpc) is 2.94. The third-order valence-electron chi connectivity index (χ3n) is 4.31. The van der Waals surface area contributed by atoms with Crippen LogP contribution in [-0.2, 0) is 7.05 Å². The zero-order valence-corrected chi connectivity index (χ0v) is 15.5. The molecule has 24 heavy (non-hydrogen) atoms. The minimum absolute atomic E-state index is 0.0198. The van der Waals surface area contributed by atoms with E-state index in [4.69, 9.17) is 0 Å². The van der Waals surface area contributed by atoms with Gasteiger partial charge in [-0.25, -0.2) is 4.79 Å². The van der Waals surface area contributed by atoms with E-state index >= 15 is 0 Å². The standard InChI is InChI=1S/C18H24N4OS/c1-13-5-6-14(16-7-8-19-21(16)4)11-15(13)20-17(23)22-9-10-24-18(2,3)12-22/h5-8,11H,9-10,12H2,1-4H3,(H,20,23). The Bertz CT molecular complexity index is 753. The summed E-state index contributed by atoms with van der Waals surface area (Å²) >= 11 is 1.92. The minimum Gasteiger partial charge on any atom is -0.322 e. The van der Waals surface area contributed by atoms with Gasteiger partial charge in [0.1, 0.15) is 0 Å². The normalized spacial score (nSPS) is 16.9. The third-order valence-corrected chi connectivity index (χ3v) is 5.61. The van der Waals surface area contributed by atoms with Gasteiger partial charge in [-0.1, -0.05) is 12.1 Å². The Kier molecular flexibility index (Phi) is 4.58. The number of hydrogen-bond acceptors (Lipinski definition) is 3. The number of nitrogens with one attached hydrogen (secondary N) is 1. The summed E-state index contributed by atoms with van der Waals surface area (Å²) in [6, 6.07) is 8.07. The van der Waals surface area contributed by atoms with Gasteiger partial charge in [0.15, 0.2) is 0 Å². The smallest absolute Gasteiger partial charge is 0.321 e. The molecule has 6 heteroatoms. The molecule has 3 rings (SSSR count). The molecule has 0 atom stereocenters. The van der Waals surface area contributed by atoms with Gasteiger partial charge in [0.2, 0.25) is 0 Å². The lowest BCUT2D eigenvalue weighted by Gasteiger charge is -2.37. The Hall–Kier alpha value is -1.95. The van der Waals surface area contributed by atoms with Crippen LogP contribution in [0.25, 0.3) is 11.3 Å². The Morgan fingerprint density at radius 1 is 1.33 bits per heavy atom. The maximum Gasteiger partial charge on any atom is 0.321 e. The maximum atomic E-state index is 12.7. The van der Waals surface area contributed by atoms with Crippen molar-refractivity contribution in [1.82, 2.24) is 14.7 Å². The molecule has 1 aliphatic rings. The van der Waals surface area contributed by atoms with Crippen molar-refractivity contribution in [3.05, 3.63) is 36.0 Å². The average molecular weight is 344 g/mol. The molecular formula is C18H24N4OS. The second kappa shape index (κ2) is 6.51. The van der Waals surface area contributed by atoms with E-state index in [2.05, 4.69) is 30.3 Å². The second-order valence-electron chi connectivity index (χ2n) is 6.83. The summed E-state index contributed by atoms with van der Waals surface area (Å²) in [6.07, 6.45) is 1.78. The van der Waals surface area contributed by atoms with Gasteiger partial charge in [-0.05, 0) is 38.5 Å². The van der Waals surface area contributed by atoms with Crippen molar-refractivity contribution in [2.75, 3.05) is 24.2 Å². The number of thioether (sulfide) groups is 1.